The fourth-order valence-electron chi connectivity index (χ4n) is 3.36. The number of benzene rings is 2. The average Bonchev–Trinajstić information content (AvgIpc) is 3.02. The Kier molecular flexibility index (Phi) is 7.35. The van der Waals surface area contributed by atoms with Crippen LogP contribution in [0.25, 0.3) is 11.6 Å². The Labute approximate surface area is 180 Å². The molecule has 2 aromatic rings. The molecule has 0 unspecified atom stereocenters. The van der Waals surface area contributed by atoms with E-state index in [1.807, 2.05) is 38.1 Å². The Balaban J connectivity index is 0.00000155. The Hall–Kier alpha value is -2.75. The van der Waals surface area contributed by atoms with Crippen molar-refractivity contribution in [2.24, 2.45) is 0 Å². The second-order valence-electron chi connectivity index (χ2n) is 8.41. The Morgan fingerprint density at radius 2 is 1.60 bits per heavy atom. The minimum absolute atomic E-state index is 0.131. The molecule has 4 nitrogen and oxygen atoms in total. The molecule has 0 atom stereocenters. The van der Waals surface area contributed by atoms with E-state index in [-0.39, 0.29) is 11.4 Å². The van der Waals surface area contributed by atoms with Gasteiger partial charge in [-0.15, -0.1) is 0 Å². The topological polar surface area (TPSA) is 44.8 Å². The van der Waals surface area contributed by atoms with Crippen molar-refractivity contribution in [1.82, 2.24) is 0 Å². The van der Waals surface area contributed by atoms with Gasteiger partial charge in [0, 0.05) is 11.1 Å². The SMILES string of the molecule is CC.COc1ccc(/C=C2/C(=O)Oc3c2cc(C(C)C)cc3C(C)(C)C)cc1OC. The van der Waals surface area contributed by atoms with E-state index in [1.165, 1.54) is 5.56 Å². The van der Waals surface area contributed by atoms with E-state index in [1.54, 1.807) is 14.2 Å². The summed E-state index contributed by atoms with van der Waals surface area (Å²) in [6, 6.07) is 9.82. The Morgan fingerprint density at radius 1 is 0.967 bits per heavy atom. The molecule has 0 aromatic heterocycles. The molecule has 30 heavy (non-hydrogen) atoms. The van der Waals surface area contributed by atoms with Crippen LogP contribution in [0.3, 0.4) is 0 Å². The summed E-state index contributed by atoms with van der Waals surface area (Å²) in [5, 5.41) is 0. The number of fused-ring (bicyclic) bond motifs is 1. The number of hydrogen-bond acceptors (Lipinski definition) is 4. The van der Waals surface area contributed by atoms with Gasteiger partial charge < -0.3 is 14.2 Å². The van der Waals surface area contributed by atoms with Gasteiger partial charge >= 0.3 is 5.97 Å². The molecule has 0 spiro atoms. The zero-order chi connectivity index (χ0) is 22.6. The Bertz CT molecular complexity index is 946. The van der Waals surface area contributed by atoms with Gasteiger partial charge in [-0.2, -0.15) is 0 Å². The first-order chi connectivity index (χ1) is 14.2. The van der Waals surface area contributed by atoms with Crippen LogP contribution in [0.2, 0.25) is 0 Å². The summed E-state index contributed by atoms with van der Waals surface area (Å²) >= 11 is 0. The van der Waals surface area contributed by atoms with Gasteiger partial charge in [0.25, 0.3) is 0 Å². The van der Waals surface area contributed by atoms with E-state index >= 15 is 0 Å². The highest BCUT2D eigenvalue weighted by molar-refractivity contribution is 6.26. The van der Waals surface area contributed by atoms with E-state index in [9.17, 15) is 4.79 Å². The van der Waals surface area contributed by atoms with Crippen molar-refractivity contribution in [3.05, 3.63) is 52.6 Å². The van der Waals surface area contributed by atoms with Crippen molar-refractivity contribution in [1.29, 1.82) is 0 Å². The van der Waals surface area contributed by atoms with Crippen molar-refractivity contribution in [2.45, 2.75) is 59.8 Å². The molecule has 0 N–H and O–H groups in total. The van der Waals surface area contributed by atoms with Gasteiger partial charge in [0.15, 0.2) is 11.5 Å². The first kappa shape index (κ1) is 23.5. The van der Waals surface area contributed by atoms with Gasteiger partial charge in [-0.05, 0) is 46.7 Å². The molecule has 0 saturated heterocycles. The maximum Gasteiger partial charge on any atom is 0.344 e. The molecule has 1 aliphatic rings. The van der Waals surface area contributed by atoms with Crippen LogP contribution in [-0.2, 0) is 10.2 Å². The van der Waals surface area contributed by atoms with Crippen LogP contribution in [0.4, 0.5) is 0 Å². The van der Waals surface area contributed by atoms with Crippen molar-refractivity contribution >= 4 is 17.6 Å². The first-order valence-electron chi connectivity index (χ1n) is 10.5. The van der Waals surface area contributed by atoms with Crippen LogP contribution in [-0.4, -0.2) is 20.2 Å². The van der Waals surface area contributed by atoms with E-state index in [4.69, 9.17) is 14.2 Å². The standard InChI is InChI=1S/C24H28O4.C2H6/c1-14(2)16-12-17-18(10-15-8-9-20(26-6)21(11-15)27-7)23(25)28-22(17)19(13-16)24(3,4)5;1-2/h8-14H,1-7H3;1-2H3/b18-10+;. The van der Waals surface area contributed by atoms with Gasteiger partial charge in [0.05, 0.1) is 19.8 Å². The molecular weight excluding hydrogens is 376 g/mol. The van der Waals surface area contributed by atoms with Crippen LogP contribution in [0.5, 0.6) is 17.2 Å². The zero-order valence-electron chi connectivity index (χ0n) is 19.7. The number of ether oxygens (including phenoxy) is 3. The normalized spacial score (nSPS) is 14.2. The Morgan fingerprint density at radius 3 is 2.13 bits per heavy atom. The zero-order valence-corrected chi connectivity index (χ0v) is 19.7. The molecule has 4 heteroatoms. The maximum atomic E-state index is 12.7. The fraction of sp³-hybridized carbons (Fsp3) is 0.423. The third kappa shape index (κ3) is 4.69. The number of rotatable bonds is 4. The molecule has 1 aliphatic heterocycles. The summed E-state index contributed by atoms with van der Waals surface area (Å²) in [4.78, 5) is 12.7. The number of carbonyl (C=O) groups excluding carboxylic acids is 1. The molecule has 0 aliphatic carbocycles. The molecule has 0 fully saturated rings. The van der Waals surface area contributed by atoms with Crippen molar-refractivity contribution in [3.63, 3.8) is 0 Å². The molecule has 162 valence electrons. The van der Waals surface area contributed by atoms with E-state index in [0.717, 1.165) is 16.7 Å². The highest BCUT2D eigenvalue weighted by atomic mass is 16.5. The molecule has 1 heterocycles. The van der Waals surface area contributed by atoms with Gasteiger partial charge in [-0.25, -0.2) is 4.79 Å². The summed E-state index contributed by atoms with van der Waals surface area (Å²) in [5.74, 6) is 1.97. The predicted molar refractivity (Wildman–Crippen MR) is 124 cm³/mol. The largest absolute Gasteiger partial charge is 0.493 e. The van der Waals surface area contributed by atoms with E-state index in [0.29, 0.717) is 28.7 Å². The number of esters is 1. The fourth-order valence-corrected chi connectivity index (χ4v) is 3.36. The third-order valence-corrected chi connectivity index (χ3v) is 5.01. The maximum absolute atomic E-state index is 12.7. The summed E-state index contributed by atoms with van der Waals surface area (Å²) in [7, 11) is 3.19. The summed E-state index contributed by atoms with van der Waals surface area (Å²) in [6.45, 7) is 14.7. The highest BCUT2D eigenvalue weighted by Gasteiger charge is 2.33. The minimum Gasteiger partial charge on any atom is -0.493 e. The van der Waals surface area contributed by atoms with E-state index < -0.39 is 0 Å². The molecule has 0 bridgehead atoms. The van der Waals surface area contributed by atoms with Crippen LogP contribution in [0.15, 0.2) is 30.3 Å². The molecule has 3 rings (SSSR count). The van der Waals surface area contributed by atoms with Crippen LogP contribution < -0.4 is 14.2 Å². The number of carbonyl (C=O) groups is 1. The molecule has 2 aromatic carbocycles. The molecule has 0 amide bonds. The second-order valence-corrected chi connectivity index (χ2v) is 8.41. The molecular formula is C26H34O4. The lowest BCUT2D eigenvalue weighted by Crippen LogP contribution is -2.14. The quantitative estimate of drug-likeness (QED) is 0.323. The summed E-state index contributed by atoms with van der Waals surface area (Å²) in [5.41, 5.74) is 4.39. The smallest absolute Gasteiger partial charge is 0.344 e. The lowest BCUT2D eigenvalue weighted by Gasteiger charge is -2.23. The third-order valence-electron chi connectivity index (χ3n) is 5.01. The van der Waals surface area contributed by atoms with Gasteiger partial charge in [0.1, 0.15) is 5.75 Å². The minimum atomic E-state index is -0.323. The van der Waals surface area contributed by atoms with Gasteiger partial charge in [-0.3, -0.25) is 0 Å². The van der Waals surface area contributed by atoms with Crippen LogP contribution in [0.1, 0.15) is 76.6 Å². The highest BCUT2D eigenvalue weighted by Crippen LogP contribution is 2.44. The van der Waals surface area contributed by atoms with Crippen LogP contribution in [0, 0.1) is 0 Å². The van der Waals surface area contributed by atoms with Crippen molar-refractivity contribution in [3.8, 4) is 17.2 Å². The molecule has 0 saturated carbocycles. The average molecular weight is 411 g/mol. The first-order valence-corrected chi connectivity index (χ1v) is 10.5. The van der Waals surface area contributed by atoms with Crippen molar-refractivity contribution in [2.75, 3.05) is 14.2 Å². The predicted octanol–water partition coefficient (Wildman–Crippen LogP) is 6.61. The van der Waals surface area contributed by atoms with Gasteiger partial charge in [-0.1, -0.05) is 60.6 Å². The van der Waals surface area contributed by atoms with Crippen LogP contribution >= 0.6 is 0 Å². The van der Waals surface area contributed by atoms with Crippen molar-refractivity contribution < 1.29 is 19.0 Å². The summed E-state index contributed by atoms with van der Waals surface area (Å²) < 4.78 is 16.4. The molecule has 0 radical (unpaired) electrons. The number of hydrogen-bond donors (Lipinski definition) is 0. The lowest BCUT2D eigenvalue weighted by atomic mass is 9.82. The monoisotopic (exact) mass is 410 g/mol. The van der Waals surface area contributed by atoms with E-state index in [2.05, 4.69) is 46.8 Å². The second kappa shape index (κ2) is 9.38. The number of methoxy groups -OCH3 is 2. The summed E-state index contributed by atoms with van der Waals surface area (Å²) in [6.07, 6.45) is 1.85. The lowest BCUT2D eigenvalue weighted by molar-refractivity contribution is -0.127. The van der Waals surface area contributed by atoms with Gasteiger partial charge in [0.2, 0.25) is 0 Å².